The van der Waals surface area contributed by atoms with Crippen LogP contribution in [0, 0.1) is 11.3 Å². The van der Waals surface area contributed by atoms with Crippen LogP contribution in [0.3, 0.4) is 0 Å². The average Bonchev–Trinajstić information content (AvgIpc) is 3.33. The van der Waals surface area contributed by atoms with Gasteiger partial charge in [-0.05, 0) is 38.1 Å². The molecule has 0 aliphatic carbocycles. The van der Waals surface area contributed by atoms with Crippen LogP contribution in [0.4, 0.5) is 0 Å². The lowest BCUT2D eigenvalue weighted by Gasteiger charge is -2.15. The molecule has 1 aromatic carbocycles. The van der Waals surface area contributed by atoms with Crippen molar-refractivity contribution in [3.05, 3.63) is 46.8 Å². The number of thioether (sulfide) groups is 1. The lowest BCUT2D eigenvalue weighted by atomic mass is 10.2. The van der Waals surface area contributed by atoms with E-state index in [-0.39, 0.29) is 0 Å². The second-order valence-electron chi connectivity index (χ2n) is 6.41. The van der Waals surface area contributed by atoms with Gasteiger partial charge in [0.1, 0.15) is 0 Å². The summed E-state index contributed by atoms with van der Waals surface area (Å²) in [5.41, 5.74) is 4.53. The van der Waals surface area contributed by atoms with Gasteiger partial charge in [0, 0.05) is 36.9 Å². The molecule has 0 radical (unpaired) electrons. The van der Waals surface area contributed by atoms with Gasteiger partial charge in [-0.25, -0.2) is 9.13 Å². The summed E-state index contributed by atoms with van der Waals surface area (Å²) >= 11 is 1.95. The molecular formula is C20H23N4S+. The number of allylic oxidation sites excluding steroid dienone is 3. The standard InChI is InChI=1S/C20H23N4S/c1-3-22-11-12-25-19(22)8-6-16-9-10-24-17-7-5-15(14-21)13-18(17)23(4-2)20(16)24/h5-8,13H,3-4,9-12H2,1-2H3/q+1. The summed E-state index contributed by atoms with van der Waals surface area (Å²) in [6.07, 6.45) is 5.68. The van der Waals surface area contributed by atoms with E-state index in [0.29, 0.717) is 0 Å². The molecule has 1 aromatic heterocycles. The maximum absolute atomic E-state index is 9.22. The van der Waals surface area contributed by atoms with E-state index in [1.807, 2.05) is 23.9 Å². The molecule has 0 N–H and O–H groups in total. The van der Waals surface area contributed by atoms with Gasteiger partial charge in [-0.15, -0.1) is 11.8 Å². The number of imidazole rings is 1. The highest BCUT2D eigenvalue weighted by molar-refractivity contribution is 8.03. The molecule has 3 heterocycles. The smallest absolute Gasteiger partial charge is 0.285 e. The van der Waals surface area contributed by atoms with E-state index in [4.69, 9.17) is 0 Å². The second kappa shape index (κ2) is 6.61. The van der Waals surface area contributed by atoms with E-state index < -0.39 is 0 Å². The summed E-state index contributed by atoms with van der Waals surface area (Å²) in [5, 5.41) is 10.6. The minimum absolute atomic E-state index is 0.729. The monoisotopic (exact) mass is 351 g/mol. The Morgan fingerprint density at radius 3 is 2.92 bits per heavy atom. The van der Waals surface area contributed by atoms with Gasteiger partial charge >= 0.3 is 0 Å². The summed E-state index contributed by atoms with van der Waals surface area (Å²) in [7, 11) is 0. The first-order valence-corrected chi connectivity index (χ1v) is 10.0. The zero-order valence-electron chi connectivity index (χ0n) is 14.8. The molecule has 2 aliphatic rings. The van der Waals surface area contributed by atoms with Crippen LogP contribution in [0.25, 0.3) is 16.6 Å². The van der Waals surface area contributed by atoms with Crippen molar-refractivity contribution in [3.8, 4) is 6.07 Å². The molecule has 25 heavy (non-hydrogen) atoms. The molecule has 0 bridgehead atoms. The summed E-state index contributed by atoms with van der Waals surface area (Å²) in [4.78, 5) is 2.44. The van der Waals surface area contributed by atoms with Crippen molar-refractivity contribution < 1.29 is 4.57 Å². The topological polar surface area (TPSA) is 35.8 Å². The minimum atomic E-state index is 0.729. The molecule has 128 valence electrons. The SMILES string of the molecule is CCN1CCSC1=CC=C1CCn2c1[n+](CC)c1cc(C#N)ccc12. The normalized spacial score (nSPS) is 20.0. The molecular weight excluding hydrogens is 328 g/mol. The summed E-state index contributed by atoms with van der Waals surface area (Å²) in [6.45, 7) is 8.57. The van der Waals surface area contributed by atoms with E-state index in [1.165, 1.54) is 33.2 Å². The quantitative estimate of drug-likeness (QED) is 0.794. The van der Waals surface area contributed by atoms with E-state index in [2.05, 4.69) is 52.2 Å². The predicted octanol–water partition coefficient (Wildman–Crippen LogP) is 3.52. The van der Waals surface area contributed by atoms with Gasteiger partial charge in [0.25, 0.3) is 5.82 Å². The molecule has 0 amide bonds. The summed E-state index contributed by atoms with van der Waals surface area (Å²) < 4.78 is 4.76. The fourth-order valence-corrected chi connectivity index (χ4v) is 5.00. The first kappa shape index (κ1) is 16.3. The third-order valence-corrected chi connectivity index (χ3v) is 6.21. The third kappa shape index (κ3) is 2.65. The van der Waals surface area contributed by atoms with Crippen LogP contribution < -0.4 is 4.57 Å². The van der Waals surface area contributed by atoms with Gasteiger partial charge < -0.3 is 4.90 Å². The number of rotatable bonds is 3. The number of benzene rings is 1. The molecule has 4 nitrogen and oxygen atoms in total. The molecule has 2 aliphatic heterocycles. The van der Waals surface area contributed by atoms with Crippen molar-refractivity contribution in [1.29, 1.82) is 5.26 Å². The van der Waals surface area contributed by atoms with Gasteiger partial charge in [-0.1, -0.05) is 0 Å². The van der Waals surface area contributed by atoms with Crippen LogP contribution in [-0.4, -0.2) is 28.3 Å². The third-order valence-electron chi connectivity index (χ3n) is 5.14. The number of aryl methyl sites for hydroxylation is 2. The first-order chi connectivity index (χ1) is 12.3. The van der Waals surface area contributed by atoms with Crippen molar-refractivity contribution in [2.75, 3.05) is 18.8 Å². The molecule has 5 heteroatoms. The molecule has 2 aromatic rings. The molecule has 0 unspecified atom stereocenters. The van der Waals surface area contributed by atoms with Crippen LogP contribution in [0.1, 0.15) is 31.7 Å². The Labute approximate surface area is 153 Å². The fourth-order valence-electron chi connectivity index (χ4n) is 3.91. The molecule has 4 rings (SSSR count). The number of nitrogens with zero attached hydrogens (tertiary/aromatic N) is 4. The number of fused-ring (bicyclic) bond motifs is 3. The minimum Gasteiger partial charge on any atom is -0.366 e. The predicted molar refractivity (Wildman–Crippen MR) is 103 cm³/mol. The van der Waals surface area contributed by atoms with Crippen LogP contribution in [0.2, 0.25) is 0 Å². The lowest BCUT2D eigenvalue weighted by molar-refractivity contribution is -0.670. The largest absolute Gasteiger partial charge is 0.366 e. The molecule has 0 saturated carbocycles. The van der Waals surface area contributed by atoms with Crippen LogP contribution in [0.15, 0.2) is 35.4 Å². The van der Waals surface area contributed by atoms with Crippen LogP contribution in [0.5, 0.6) is 0 Å². The molecule has 1 fully saturated rings. The zero-order chi connectivity index (χ0) is 17.4. The second-order valence-corrected chi connectivity index (χ2v) is 7.52. The van der Waals surface area contributed by atoms with E-state index in [9.17, 15) is 5.26 Å². The number of hydrogen-bond acceptors (Lipinski definition) is 3. The highest BCUT2D eigenvalue weighted by Crippen LogP contribution is 2.32. The van der Waals surface area contributed by atoms with Crippen molar-refractivity contribution in [2.45, 2.75) is 33.4 Å². The Morgan fingerprint density at radius 1 is 1.28 bits per heavy atom. The first-order valence-electron chi connectivity index (χ1n) is 9.02. The maximum atomic E-state index is 9.22. The maximum Gasteiger partial charge on any atom is 0.285 e. The molecule has 0 spiro atoms. The fraction of sp³-hybridized carbons (Fsp3) is 0.400. The highest BCUT2D eigenvalue weighted by Gasteiger charge is 2.32. The zero-order valence-corrected chi connectivity index (χ0v) is 15.6. The average molecular weight is 351 g/mol. The van der Waals surface area contributed by atoms with Crippen molar-refractivity contribution in [1.82, 2.24) is 9.47 Å². The van der Waals surface area contributed by atoms with Crippen LogP contribution in [-0.2, 0) is 13.1 Å². The number of aromatic nitrogens is 2. The van der Waals surface area contributed by atoms with Crippen molar-refractivity contribution in [2.24, 2.45) is 0 Å². The summed E-state index contributed by atoms with van der Waals surface area (Å²) in [5.74, 6) is 2.49. The van der Waals surface area contributed by atoms with Crippen molar-refractivity contribution >= 4 is 28.4 Å². The highest BCUT2D eigenvalue weighted by atomic mass is 32.2. The summed E-state index contributed by atoms with van der Waals surface area (Å²) in [6, 6.07) is 8.30. The Kier molecular flexibility index (Phi) is 4.30. The van der Waals surface area contributed by atoms with E-state index in [1.54, 1.807) is 0 Å². The Morgan fingerprint density at radius 2 is 2.16 bits per heavy atom. The van der Waals surface area contributed by atoms with Gasteiger partial charge in [0.05, 0.1) is 29.8 Å². The lowest BCUT2D eigenvalue weighted by Crippen LogP contribution is -2.35. The molecule has 0 atom stereocenters. The van der Waals surface area contributed by atoms with Crippen LogP contribution >= 0.6 is 11.8 Å². The Hall–Kier alpha value is -2.19. The Bertz CT molecular complexity index is 929. The van der Waals surface area contributed by atoms with E-state index >= 15 is 0 Å². The number of hydrogen-bond donors (Lipinski definition) is 0. The Balaban J connectivity index is 1.81. The van der Waals surface area contributed by atoms with E-state index in [0.717, 1.165) is 38.2 Å². The number of nitriles is 1. The van der Waals surface area contributed by atoms with Gasteiger partial charge in [0.15, 0.2) is 11.0 Å². The van der Waals surface area contributed by atoms with Gasteiger partial charge in [-0.3, -0.25) is 0 Å². The molecule has 1 saturated heterocycles. The van der Waals surface area contributed by atoms with Crippen molar-refractivity contribution in [3.63, 3.8) is 0 Å². The van der Waals surface area contributed by atoms with Gasteiger partial charge in [-0.2, -0.15) is 5.26 Å². The van der Waals surface area contributed by atoms with Gasteiger partial charge in [0.2, 0.25) is 0 Å².